The Labute approximate surface area is 84.8 Å². The summed E-state index contributed by atoms with van der Waals surface area (Å²) in [6, 6.07) is 1.98. The van der Waals surface area contributed by atoms with Gasteiger partial charge in [-0.3, -0.25) is 0 Å². The van der Waals surface area contributed by atoms with E-state index in [-0.39, 0.29) is 4.47 Å². The molecule has 1 aromatic carbocycles. The van der Waals surface area contributed by atoms with Gasteiger partial charge in [0.15, 0.2) is 11.6 Å². The normalized spacial score (nSPS) is 11.5. The predicted octanol–water partition coefficient (Wildman–Crippen LogP) is 3.07. The first-order valence-corrected chi connectivity index (χ1v) is 4.09. The Kier molecular flexibility index (Phi) is 2.89. The number of nitrogen functional groups attached to an aromatic ring is 1. The van der Waals surface area contributed by atoms with E-state index in [2.05, 4.69) is 20.7 Å². The molecule has 0 aliphatic carbocycles. The number of benzene rings is 1. The lowest BCUT2D eigenvalue weighted by Gasteiger charge is -2.10. The minimum Gasteiger partial charge on any atom is -0.403 e. The molecule has 7 heteroatoms. The van der Waals surface area contributed by atoms with Crippen LogP contribution in [0.15, 0.2) is 16.6 Å². The van der Waals surface area contributed by atoms with E-state index in [9.17, 15) is 17.6 Å². The van der Waals surface area contributed by atoms with Crippen LogP contribution in [0.25, 0.3) is 0 Å². The third-order valence-corrected chi connectivity index (χ3v) is 1.72. The van der Waals surface area contributed by atoms with Crippen molar-refractivity contribution in [2.75, 3.05) is 5.73 Å². The Hall–Kier alpha value is -0.980. The van der Waals surface area contributed by atoms with Crippen LogP contribution in [-0.2, 0) is 0 Å². The van der Waals surface area contributed by atoms with Gasteiger partial charge in [0.05, 0.1) is 5.69 Å². The van der Waals surface area contributed by atoms with Crippen LogP contribution in [0.5, 0.6) is 5.75 Å². The van der Waals surface area contributed by atoms with Crippen molar-refractivity contribution >= 4 is 21.6 Å². The van der Waals surface area contributed by atoms with Gasteiger partial charge in [-0.2, -0.15) is 0 Å². The minimum atomic E-state index is -4.94. The first kappa shape index (κ1) is 11.1. The second kappa shape index (κ2) is 3.64. The quantitative estimate of drug-likeness (QED) is 0.631. The summed E-state index contributed by atoms with van der Waals surface area (Å²) < 4.78 is 51.8. The molecule has 0 heterocycles. The number of hydrogen-bond acceptors (Lipinski definition) is 2. The van der Waals surface area contributed by atoms with Crippen LogP contribution in [0, 0.1) is 5.82 Å². The predicted molar refractivity (Wildman–Crippen MR) is 45.2 cm³/mol. The Balaban J connectivity index is 3.09. The van der Waals surface area contributed by atoms with Gasteiger partial charge in [0.2, 0.25) is 0 Å². The number of rotatable bonds is 1. The summed E-state index contributed by atoms with van der Waals surface area (Å²) in [6.45, 7) is 0. The van der Waals surface area contributed by atoms with Crippen LogP contribution >= 0.6 is 15.9 Å². The zero-order valence-electron chi connectivity index (χ0n) is 6.53. The van der Waals surface area contributed by atoms with E-state index in [0.717, 1.165) is 12.1 Å². The monoisotopic (exact) mass is 273 g/mol. The molecule has 0 aromatic heterocycles. The summed E-state index contributed by atoms with van der Waals surface area (Å²) >= 11 is 2.86. The largest absolute Gasteiger partial charge is 0.573 e. The highest BCUT2D eigenvalue weighted by atomic mass is 79.9. The topological polar surface area (TPSA) is 35.2 Å². The molecule has 14 heavy (non-hydrogen) atoms. The lowest BCUT2D eigenvalue weighted by molar-refractivity contribution is -0.275. The van der Waals surface area contributed by atoms with Gasteiger partial charge in [-0.05, 0) is 12.1 Å². The van der Waals surface area contributed by atoms with Crippen LogP contribution in [0.3, 0.4) is 0 Å². The van der Waals surface area contributed by atoms with Crippen molar-refractivity contribution in [2.24, 2.45) is 0 Å². The summed E-state index contributed by atoms with van der Waals surface area (Å²) in [5.41, 5.74) is 4.67. The van der Waals surface area contributed by atoms with Crippen molar-refractivity contribution in [3.05, 3.63) is 22.4 Å². The maximum Gasteiger partial charge on any atom is 0.573 e. The van der Waals surface area contributed by atoms with Gasteiger partial charge in [0.25, 0.3) is 0 Å². The van der Waals surface area contributed by atoms with Gasteiger partial charge in [0.1, 0.15) is 0 Å². The summed E-state index contributed by atoms with van der Waals surface area (Å²) in [7, 11) is 0. The Morgan fingerprint density at radius 2 is 1.86 bits per heavy atom. The highest BCUT2D eigenvalue weighted by Gasteiger charge is 2.32. The molecule has 0 bridgehead atoms. The molecular formula is C7H4BrF4NO. The number of alkyl halides is 3. The fourth-order valence-electron chi connectivity index (χ4n) is 0.783. The van der Waals surface area contributed by atoms with E-state index in [0.29, 0.717) is 0 Å². The smallest absolute Gasteiger partial charge is 0.403 e. The Morgan fingerprint density at radius 1 is 1.29 bits per heavy atom. The van der Waals surface area contributed by atoms with Gasteiger partial charge in [-0.15, -0.1) is 13.2 Å². The van der Waals surface area contributed by atoms with Crippen molar-refractivity contribution in [3.8, 4) is 5.75 Å². The number of anilines is 1. The fraction of sp³-hybridized carbons (Fsp3) is 0.143. The van der Waals surface area contributed by atoms with Crippen LogP contribution in [-0.4, -0.2) is 6.36 Å². The molecule has 0 saturated carbocycles. The molecule has 0 amide bonds. The zero-order chi connectivity index (χ0) is 10.9. The number of ether oxygens (including phenoxy) is 1. The summed E-state index contributed by atoms with van der Waals surface area (Å²) in [5.74, 6) is -2.19. The molecule has 0 saturated heterocycles. The number of hydrogen-bond donors (Lipinski definition) is 1. The van der Waals surface area contributed by atoms with E-state index in [1.807, 2.05) is 0 Å². The van der Waals surface area contributed by atoms with Gasteiger partial charge in [0, 0.05) is 4.47 Å². The molecule has 0 aliphatic heterocycles. The second-order valence-electron chi connectivity index (χ2n) is 2.35. The number of halogens is 5. The molecule has 0 radical (unpaired) electrons. The van der Waals surface area contributed by atoms with Crippen LogP contribution in [0.4, 0.5) is 23.2 Å². The molecule has 0 aliphatic rings. The van der Waals surface area contributed by atoms with Gasteiger partial charge < -0.3 is 10.5 Å². The molecular weight excluding hydrogens is 270 g/mol. The van der Waals surface area contributed by atoms with E-state index in [1.165, 1.54) is 0 Å². The fourth-order valence-corrected chi connectivity index (χ4v) is 1.24. The van der Waals surface area contributed by atoms with Crippen LogP contribution < -0.4 is 10.5 Å². The van der Waals surface area contributed by atoms with Crippen molar-refractivity contribution in [1.82, 2.24) is 0 Å². The van der Waals surface area contributed by atoms with Gasteiger partial charge in [-0.1, -0.05) is 15.9 Å². The minimum absolute atomic E-state index is 0.204. The molecule has 0 unspecified atom stereocenters. The molecule has 0 fully saturated rings. The highest BCUT2D eigenvalue weighted by Crippen LogP contribution is 2.31. The Morgan fingerprint density at radius 3 is 2.36 bits per heavy atom. The molecule has 0 atom stereocenters. The van der Waals surface area contributed by atoms with Crippen LogP contribution in [0.1, 0.15) is 0 Å². The van der Waals surface area contributed by atoms with Crippen molar-refractivity contribution in [2.45, 2.75) is 6.36 Å². The summed E-state index contributed by atoms with van der Waals surface area (Å²) in [4.78, 5) is 0. The molecule has 2 nitrogen and oxygen atoms in total. The molecule has 0 spiro atoms. The summed E-state index contributed by atoms with van der Waals surface area (Å²) in [5, 5.41) is 0. The lowest BCUT2D eigenvalue weighted by atomic mass is 10.3. The zero-order valence-corrected chi connectivity index (χ0v) is 8.12. The van der Waals surface area contributed by atoms with Crippen molar-refractivity contribution in [1.29, 1.82) is 0 Å². The van der Waals surface area contributed by atoms with Crippen molar-refractivity contribution < 1.29 is 22.3 Å². The van der Waals surface area contributed by atoms with E-state index in [1.54, 1.807) is 0 Å². The molecule has 1 rings (SSSR count). The maximum atomic E-state index is 12.9. The standard InChI is InChI=1S/C7H4BrF4NO/c8-3-1-4(13)6(9)5(2-3)14-7(10,11)12/h1-2H,13H2. The van der Waals surface area contributed by atoms with Gasteiger partial charge >= 0.3 is 6.36 Å². The number of nitrogens with two attached hydrogens (primary N) is 1. The highest BCUT2D eigenvalue weighted by molar-refractivity contribution is 9.10. The van der Waals surface area contributed by atoms with E-state index < -0.39 is 23.6 Å². The third-order valence-electron chi connectivity index (χ3n) is 1.26. The maximum absolute atomic E-state index is 12.9. The van der Waals surface area contributed by atoms with Gasteiger partial charge in [-0.25, -0.2) is 4.39 Å². The lowest BCUT2D eigenvalue weighted by Crippen LogP contribution is -2.18. The third kappa shape index (κ3) is 2.76. The SMILES string of the molecule is Nc1cc(Br)cc(OC(F)(F)F)c1F. The second-order valence-corrected chi connectivity index (χ2v) is 3.27. The molecule has 1 aromatic rings. The van der Waals surface area contributed by atoms with E-state index >= 15 is 0 Å². The summed E-state index contributed by atoms with van der Waals surface area (Å²) in [6.07, 6.45) is -4.94. The average Bonchev–Trinajstić information content (AvgIpc) is 1.96. The Bertz CT molecular complexity index is 352. The first-order chi connectivity index (χ1) is 6.29. The molecule has 78 valence electrons. The van der Waals surface area contributed by atoms with Crippen molar-refractivity contribution in [3.63, 3.8) is 0 Å². The van der Waals surface area contributed by atoms with E-state index in [4.69, 9.17) is 5.73 Å². The first-order valence-electron chi connectivity index (χ1n) is 3.30. The molecule has 2 N–H and O–H groups in total. The van der Waals surface area contributed by atoms with Crippen LogP contribution in [0.2, 0.25) is 0 Å². The average molecular weight is 274 g/mol.